The smallest absolute Gasteiger partial charge is 0.301 e. The second kappa shape index (κ2) is 11.7. The highest BCUT2D eigenvalue weighted by atomic mass is 79.9. The van der Waals surface area contributed by atoms with Gasteiger partial charge in [0, 0.05) is 15.8 Å². The number of carbonyl (C=O) groups excluding carboxylic acids is 2. The highest BCUT2D eigenvalue weighted by molar-refractivity contribution is 9.10. The normalized spacial score (nSPS) is 16.5. The topological polar surface area (TPSA) is 113 Å². The minimum atomic E-state index is -1.06. The van der Waals surface area contributed by atoms with E-state index in [1.807, 2.05) is 31.2 Å². The van der Waals surface area contributed by atoms with Crippen molar-refractivity contribution in [3.8, 4) is 11.5 Å². The number of aliphatic hydroxyl groups is 1. The molecular formula is C28H21Br2N3O5S2. The summed E-state index contributed by atoms with van der Waals surface area (Å²) >= 11 is 9.33. The fraction of sp³-hybridized carbons (Fsp3) is 0.143. The van der Waals surface area contributed by atoms with Crippen LogP contribution >= 0.6 is 55.0 Å². The molecule has 4 aromatic rings. The predicted molar refractivity (Wildman–Crippen MR) is 162 cm³/mol. The fourth-order valence-corrected chi connectivity index (χ4v) is 6.75. The van der Waals surface area contributed by atoms with Gasteiger partial charge in [0.2, 0.25) is 5.13 Å². The zero-order valence-electron chi connectivity index (χ0n) is 21.1. The number of thioether (sulfide) groups is 1. The number of hydrogen-bond donors (Lipinski definition) is 2. The average Bonchev–Trinajstić information content (AvgIpc) is 3.51. The van der Waals surface area contributed by atoms with Crippen LogP contribution in [-0.2, 0) is 15.3 Å². The maximum Gasteiger partial charge on any atom is 0.301 e. The molecule has 0 spiro atoms. The third-order valence-electron chi connectivity index (χ3n) is 6.23. The molecule has 204 valence electrons. The molecule has 1 aliphatic rings. The number of rotatable bonds is 7. The Balaban J connectivity index is 1.59. The second-order valence-corrected chi connectivity index (χ2v) is 12.8. The van der Waals surface area contributed by atoms with E-state index in [4.69, 9.17) is 4.74 Å². The molecule has 0 radical (unpaired) electrons. The van der Waals surface area contributed by atoms with Crippen LogP contribution < -0.4 is 9.64 Å². The highest BCUT2D eigenvalue weighted by Crippen LogP contribution is 2.47. The van der Waals surface area contributed by atoms with Crippen LogP contribution in [0.1, 0.15) is 28.3 Å². The zero-order valence-corrected chi connectivity index (χ0v) is 25.9. The van der Waals surface area contributed by atoms with E-state index in [0.717, 1.165) is 10.0 Å². The van der Waals surface area contributed by atoms with Crippen molar-refractivity contribution in [1.29, 1.82) is 0 Å². The van der Waals surface area contributed by atoms with Crippen molar-refractivity contribution in [2.45, 2.75) is 23.1 Å². The van der Waals surface area contributed by atoms with Gasteiger partial charge in [-0.3, -0.25) is 14.5 Å². The third-order valence-corrected chi connectivity index (χ3v) is 9.49. The van der Waals surface area contributed by atoms with Gasteiger partial charge in [0.05, 0.1) is 23.2 Å². The molecule has 0 saturated carbocycles. The molecule has 1 amide bonds. The maximum absolute atomic E-state index is 13.5. The Morgan fingerprint density at radius 2 is 1.77 bits per heavy atom. The Labute approximate surface area is 255 Å². The summed E-state index contributed by atoms with van der Waals surface area (Å²) in [6.45, 7) is 2.03. The number of amides is 1. The van der Waals surface area contributed by atoms with Crippen LogP contribution in [0.2, 0.25) is 0 Å². The first-order valence-electron chi connectivity index (χ1n) is 11.8. The zero-order chi connectivity index (χ0) is 28.6. The number of nitrogens with zero attached hydrogens (tertiary/aromatic N) is 3. The lowest BCUT2D eigenvalue weighted by Crippen LogP contribution is -2.29. The van der Waals surface area contributed by atoms with E-state index in [1.165, 1.54) is 46.7 Å². The van der Waals surface area contributed by atoms with Gasteiger partial charge in [0.1, 0.15) is 5.76 Å². The molecule has 40 heavy (non-hydrogen) atoms. The number of Topliss-reactive ketones (excluding diaryl/α,β-unsaturated/α-hetero) is 1. The van der Waals surface area contributed by atoms with Crippen LogP contribution in [0.4, 0.5) is 5.13 Å². The molecular weight excluding hydrogens is 682 g/mol. The number of ketones is 1. The molecule has 1 aliphatic heterocycles. The van der Waals surface area contributed by atoms with Gasteiger partial charge < -0.3 is 14.9 Å². The van der Waals surface area contributed by atoms with Gasteiger partial charge in [-0.1, -0.05) is 81.0 Å². The molecule has 8 nitrogen and oxygen atoms in total. The summed E-state index contributed by atoms with van der Waals surface area (Å²) < 4.78 is 7.02. The number of hydrogen-bond acceptors (Lipinski definition) is 9. The standard InChI is InChI=1S/C28H21Br2N3O5S2/c1-14-3-5-15(6-4-14)13-39-28-32-31-27(40-28)33-22(17-11-19(30)24(35)20(12-17)38-2)21(25(36)26(33)37)23(34)16-7-9-18(29)10-8-16/h3-12,22,34-35H,13H2,1-2H3/b23-21-. The van der Waals surface area contributed by atoms with Crippen molar-refractivity contribution in [2.75, 3.05) is 12.0 Å². The molecule has 5 rings (SSSR count). The van der Waals surface area contributed by atoms with Crippen molar-refractivity contribution in [1.82, 2.24) is 10.2 Å². The SMILES string of the molecule is COc1cc(C2/C(=C(/O)c3ccc(Br)cc3)C(=O)C(=O)N2c2nnc(SCc3ccc(C)cc3)s2)cc(Br)c1O. The Kier molecular flexibility index (Phi) is 8.31. The predicted octanol–water partition coefficient (Wildman–Crippen LogP) is 7.00. The monoisotopic (exact) mass is 701 g/mol. The van der Waals surface area contributed by atoms with Crippen LogP contribution in [0.15, 0.2) is 79.5 Å². The molecule has 12 heteroatoms. The van der Waals surface area contributed by atoms with Crippen molar-refractivity contribution >= 4 is 77.5 Å². The first-order valence-corrected chi connectivity index (χ1v) is 15.2. The van der Waals surface area contributed by atoms with E-state index in [-0.39, 0.29) is 28.0 Å². The van der Waals surface area contributed by atoms with Crippen LogP contribution in [0.5, 0.6) is 11.5 Å². The maximum atomic E-state index is 13.5. The van der Waals surface area contributed by atoms with E-state index in [9.17, 15) is 19.8 Å². The number of carbonyl (C=O) groups is 2. The van der Waals surface area contributed by atoms with Gasteiger partial charge >= 0.3 is 5.91 Å². The summed E-state index contributed by atoms with van der Waals surface area (Å²) in [5.74, 6) is -1.40. The van der Waals surface area contributed by atoms with Gasteiger partial charge in [-0.05, 0) is 58.2 Å². The van der Waals surface area contributed by atoms with Gasteiger partial charge in [0.25, 0.3) is 5.78 Å². The first-order chi connectivity index (χ1) is 19.2. The first kappa shape index (κ1) is 28.3. The van der Waals surface area contributed by atoms with Crippen molar-refractivity contribution in [2.24, 2.45) is 0 Å². The van der Waals surface area contributed by atoms with Gasteiger partial charge in [-0.15, -0.1) is 10.2 Å². The highest BCUT2D eigenvalue weighted by Gasteiger charge is 2.48. The number of halogens is 2. The molecule has 1 saturated heterocycles. The van der Waals surface area contributed by atoms with E-state index in [2.05, 4.69) is 42.1 Å². The Morgan fingerprint density at radius 1 is 1.07 bits per heavy atom. The van der Waals surface area contributed by atoms with E-state index < -0.39 is 17.7 Å². The summed E-state index contributed by atoms with van der Waals surface area (Å²) in [6, 6.07) is 16.9. The Morgan fingerprint density at radius 3 is 2.45 bits per heavy atom. The number of benzene rings is 3. The third kappa shape index (κ3) is 5.53. The fourth-order valence-electron chi connectivity index (χ4n) is 4.20. The summed E-state index contributed by atoms with van der Waals surface area (Å²) in [6.07, 6.45) is 0. The van der Waals surface area contributed by atoms with Crippen molar-refractivity contribution in [3.05, 3.63) is 97.4 Å². The van der Waals surface area contributed by atoms with Gasteiger partial charge in [-0.2, -0.15) is 0 Å². The summed E-state index contributed by atoms with van der Waals surface area (Å²) in [5, 5.41) is 30.4. The number of phenolic OH excluding ortho intramolecular Hbond substituents is 1. The molecule has 1 fully saturated rings. The number of aryl methyl sites for hydroxylation is 1. The largest absolute Gasteiger partial charge is 0.507 e. The lowest BCUT2D eigenvalue weighted by atomic mass is 9.95. The van der Waals surface area contributed by atoms with E-state index >= 15 is 0 Å². The van der Waals surface area contributed by atoms with E-state index in [1.54, 1.807) is 30.3 Å². The number of aliphatic hydroxyl groups excluding tert-OH is 1. The molecule has 3 aromatic carbocycles. The van der Waals surface area contributed by atoms with Crippen LogP contribution in [0.25, 0.3) is 5.76 Å². The minimum absolute atomic E-state index is 0.115. The van der Waals surface area contributed by atoms with Crippen LogP contribution in [0.3, 0.4) is 0 Å². The number of methoxy groups -OCH3 is 1. The number of aromatic nitrogens is 2. The Hall–Kier alpha value is -3.19. The average molecular weight is 703 g/mol. The summed E-state index contributed by atoms with van der Waals surface area (Å²) in [4.78, 5) is 28.2. The lowest BCUT2D eigenvalue weighted by molar-refractivity contribution is -0.132. The van der Waals surface area contributed by atoms with Crippen LogP contribution in [0, 0.1) is 6.92 Å². The Bertz CT molecular complexity index is 1640. The van der Waals surface area contributed by atoms with Crippen molar-refractivity contribution in [3.63, 3.8) is 0 Å². The molecule has 2 N–H and O–H groups in total. The number of ether oxygens (including phenoxy) is 1. The molecule has 2 heterocycles. The molecule has 1 unspecified atom stereocenters. The number of anilines is 1. The molecule has 0 aliphatic carbocycles. The number of aromatic hydroxyl groups is 1. The number of phenols is 1. The second-order valence-electron chi connectivity index (χ2n) is 8.85. The van der Waals surface area contributed by atoms with Crippen molar-refractivity contribution < 1.29 is 24.5 Å². The van der Waals surface area contributed by atoms with E-state index in [0.29, 0.717) is 25.7 Å². The molecule has 1 atom stereocenters. The van der Waals surface area contributed by atoms with Crippen LogP contribution in [-0.4, -0.2) is 39.2 Å². The summed E-state index contributed by atoms with van der Waals surface area (Å²) in [7, 11) is 1.40. The minimum Gasteiger partial charge on any atom is -0.507 e. The van der Waals surface area contributed by atoms with Gasteiger partial charge in [-0.25, -0.2) is 0 Å². The quantitative estimate of drug-likeness (QED) is 0.0696. The summed E-state index contributed by atoms with van der Waals surface area (Å²) in [5.41, 5.74) is 2.95. The molecule has 1 aromatic heterocycles. The van der Waals surface area contributed by atoms with Gasteiger partial charge in [0.15, 0.2) is 15.8 Å². The lowest BCUT2D eigenvalue weighted by Gasteiger charge is -2.23. The molecule has 0 bridgehead atoms.